The molecule has 2 heterocycles. The molecule has 148 valence electrons. The number of hydrogen-bond acceptors (Lipinski definition) is 4. The minimum absolute atomic E-state index is 0.281. The molecule has 2 atom stereocenters. The van der Waals surface area contributed by atoms with Crippen molar-refractivity contribution < 1.29 is 18.9 Å². The summed E-state index contributed by atoms with van der Waals surface area (Å²) >= 11 is 0. The average Bonchev–Trinajstić information content (AvgIpc) is 3.55. The minimum Gasteiger partial charge on any atom is -0.491 e. The van der Waals surface area contributed by atoms with Gasteiger partial charge >= 0.3 is 0 Å². The number of ether oxygens (including phenoxy) is 4. The summed E-state index contributed by atoms with van der Waals surface area (Å²) in [5.74, 6) is 1.89. The normalized spacial score (nSPS) is 20.8. The maximum Gasteiger partial charge on any atom is 0.122 e. The molecule has 0 aromatic heterocycles. The number of rotatable bonds is 9. The monoisotopic (exact) mass is 380 g/mol. The summed E-state index contributed by atoms with van der Waals surface area (Å²) in [6.07, 6.45) is 3.73. The van der Waals surface area contributed by atoms with Crippen molar-refractivity contribution in [1.29, 1.82) is 0 Å². The Kier molecular flexibility index (Phi) is 5.69. The van der Waals surface area contributed by atoms with Crippen LogP contribution in [-0.2, 0) is 15.9 Å². The van der Waals surface area contributed by atoms with Gasteiger partial charge in [-0.15, -0.1) is 0 Å². The third-order valence-corrected chi connectivity index (χ3v) is 4.99. The van der Waals surface area contributed by atoms with Crippen molar-refractivity contribution in [2.75, 3.05) is 26.4 Å². The SMILES string of the molecule is CC(=Cc1ccc(OCC2CO2)c(C)c1)Cc1ccc(OCC2CO2)c(C)c1. The highest BCUT2D eigenvalue weighted by Gasteiger charge is 2.24. The summed E-state index contributed by atoms with van der Waals surface area (Å²) in [4.78, 5) is 0. The highest BCUT2D eigenvalue weighted by Crippen LogP contribution is 2.25. The van der Waals surface area contributed by atoms with Crippen LogP contribution in [0, 0.1) is 13.8 Å². The van der Waals surface area contributed by atoms with Crippen LogP contribution in [0.25, 0.3) is 6.08 Å². The number of aryl methyl sites for hydroxylation is 2. The molecule has 0 radical (unpaired) electrons. The second kappa shape index (κ2) is 8.38. The zero-order chi connectivity index (χ0) is 19.5. The molecule has 2 saturated heterocycles. The molecule has 2 fully saturated rings. The lowest BCUT2D eigenvalue weighted by atomic mass is 10.0. The molecule has 2 aromatic carbocycles. The van der Waals surface area contributed by atoms with E-state index in [-0.39, 0.29) is 12.2 Å². The second-order valence-electron chi connectivity index (χ2n) is 7.82. The zero-order valence-corrected chi connectivity index (χ0v) is 16.9. The Morgan fingerprint density at radius 2 is 1.50 bits per heavy atom. The first-order valence-electron chi connectivity index (χ1n) is 9.93. The van der Waals surface area contributed by atoms with Crippen LogP contribution in [0.1, 0.15) is 29.2 Å². The molecule has 0 aliphatic carbocycles. The van der Waals surface area contributed by atoms with E-state index in [2.05, 4.69) is 63.2 Å². The Balaban J connectivity index is 1.36. The van der Waals surface area contributed by atoms with Crippen LogP contribution in [0.4, 0.5) is 0 Å². The Bertz CT molecular complexity index is 863. The fraction of sp³-hybridized carbons (Fsp3) is 0.417. The molecule has 0 saturated carbocycles. The summed E-state index contributed by atoms with van der Waals surface area (Å²) in [6, 6.07) is 12.8. The lowest BCUT2D eigenvalue weighted by Crippen LogP contribution is -2.05. The Morgan fingerprint density at radius 3 is 2.04 bits per heavy atom. The molecule has 2 aliphatic rings. The van der Waals surface area contributed by atoms with Crippen LogP contribution in [0.3, 0.4) is 0 Å². The lowest BCUT2D eigenvalue weighted by molar-refractivity contribution is 0.261. The van der Waals surface area contributed by atoms with E-state index in [4.69, 9.17) is 18.9 Å². The van der Waals surface area contributed by atoms with Crippen molar-refractivity contribution in [3.8, 4) is 11.5 Å². The minimum atomic E-state index is 0.281. The van der Waals surface area contributed by atoms with Crippen molar-refractivity contribution >= 4 is 6.08 Å². The number of hydrogen-bond donors (Lipinski definition) is 0. The van der Waals surface area contributed by atoms with Crippen LogP contribution < -0.4 is 9.47 Å². The molecule has 0 N–H and O–H groups in total. The van der Waals surface area contributed by atoms with E-state index in [1.807, 2.05) is 0 Å². The summed E-state index contributed by atoms with van der Waals surface area (Å²) in [6.45, 7) is 9.29. The predicted octanol–water partition coefficient (Wildman–Crippen LogP) is 4.50. The van der Waals surface area contributed by atoms with Crippen LogP contribution in [-0.4, -0.2) is 38.6 Å². The van der Waals surface area contributed by atoms with Gasteiger partial charge in [0.15, 0.2) is 0 Å². The molecule has 2 aliphatic heterocycles. The smallest absolute Gasteiger partial charge is 0.122 e. The van der Waals surface area contributed by atoms with Gasteiger partial charge < -0.3 is 18.9 Å². The van der Waals surface area contributed by atoms with Crippen LogP contribution in [0.5, 0.6) is 11.5 Å². The quantitative estimate of drug-likeness (QED) is 0.601. The molecular formula is C24H28O4. The number of epoxide rings is 2. The van der Waals surface area contributed by atoms with E-state index in [0.29, 0.717) is 13.2 Å². The van der Waals surface area contributed by atoms with E-state index in [9.17, 15) is 0 Å². The van der Waals surface area contributed by atoms with Gasteiger partial charge in [-0.25, -0.2) is 0 Å². The van der Waals surface area contributed by atoms with Crippen molar-refractivity contribution in [2.24, 2.45) is 0 Å². The molecule has 2 unspecified atom stereocenters. The predicted molar refractivity (Wildman–Crippen MR) is 110 cm³/mol. The van der Waals surface area contributed by atoms with Crippen molar-refractivity contribution in [3.05, 3.63) is 64.2 Å². The maximum atomic E-state index is 5.82. The average molecular weight is 380 g/mol. The van der Waals surface area contributed by atoms with Crippen molar-refractivity contribution in [2.45, 2.75) is 39.4 Å². The third-order valence-electron chi connectivity index (χ3n) is 4.99. The molecule has 0 amide bonds. The van der Waals surface area contributed by atoms with Gasteiger partial charge in [-0.3, -0.25) is 0 Å². The molecule has 4 heteroatoms. The highest BCUT2D eigenvalue weighted by molar-refractivity contribution is 5.56. The van der Waals surface area contributed by atoms with Crippen molar-refractivity contribution in [1.82, 2.24) is 0 Å². The lowest BCUT2D eigenvalue weighted by Gasteiger charge is -2.11. The first-order chi connectivity index (χ1) is 13.6. The fourth-order valence-electron chi connectivity index (χ4n) is 3.26. The highest BCUT2D eigenvalue weighted by atomic mass is 16.6. The summed E-state index contributed by atoms with van der Waals surface area (Å²) in [5, 5.41) is 0. The van der Waals surface area contributed by atoms with Gasteiger partial charge in [-0.05, 0) is 67.6 Å². The molecule has 0 bridgehead atoms. The van der Waals surface area contributed by atoms with Crippen molar-refractivity contribution in [3.63, 3.8) is 0 Å². The van der Waals surface area contributed by atoms with Gasteiger partial charge in [-0.2, -0.15) is 0 Å². The Morgan fingerprint density at radius 1 is 0.929 bits per heavy atom. The van der Waals surface area contributed by atoms with Gasteiger partial charge in [0, 0.05) is 0 Å². The molecule has 4 rings (SSSR count). The van der Waals surface area contributed by atoms with Gasteiger partial charge in [0.25, 0.3) is 0 Å². The molecule has 28 heavy (non-hydrogen) atoms. The number of allylic oxidation sites excluding steroid dienone is 1. The van der Waals surface area contributed by atoms with E-state index in [0.717, 1.165) is 36.7 Å². The summed E-state index contributed by atoms with van der Waals surface area (Å²) in [5.41, 5.74) is 6.13. The first kappa shape index (κ1) is 19.0. The fourth-order valence-corrected chi connectivity index (χ4v) is 3.26. The van der Waals surface area contributed by atoms with Crippen LogP contribution in [0.15, 0.2) is 42.0 Å². The van der Waals surface area contributed by atoms with Crippen LogP contribution in [0.2, 0.25) is 0 Å². The van der Waals surface area contributed by atoms with E-state index < -0.39 is 0 Å². The first-order valence-corrected chi connectivity index (χ1v) is 9.93. The molecular weight excluding hydrogens is 352 g/mol. The summed E-state index contributed by atoms with van der Waals surface area (Å²) in [7, 11) is 0. The van der Waals surface area contributed by atoms with Gasteiger partial charge in [0.05, 0.1) is 13.2 Å². The van der Waals surface area contributed by atoms with Gasteiger partial charge in [0.1, 0.15) is 36.9 Å². The van der Waals surface area contributed by atoms with E-state index in [1.54, 1.807) is 0 Å². The van der Waals surface area contributed by atoms with Gasteiger partial charge in [-0.1, -0.05) is 29.8 Å². The largest absolute Gasteiger partial charge is 0.491 e. The molecule has 2 aromatic rings. The van der Waals surface area contributed by atoms with Gasteiger partial charge in [0.2, 0.25) is 0 Å². The summed E-state index contributed by atoms with van der Waals surface area (Å²) < 4.78 is 22.0. The Labute approximate surface area is 167 Å². The number of benzene rings is 2. The van der Waals surface area contributed by atoms with E-state index >= 15 is 0 Å². The molecule has 4 nitrogen and oxygen atoms in total. The molecule has 0 spiro atoms. The third kappa shape index (κ3) is 5.37. The standard InChI is InChI=1S/C24H28O4/c1-16(8-19-4-6-23(17(2)10-19)27-14-21-12-25-21)9-20-5-7-24(18(3)11-20)28-15-22-13-26-22/h4-8,10-11,21-22H,9,12-15H2,1-3H3. The van der Waals surface area contributed by atoms with Crippen LogP contribution >= 0.6 is 0 Å². The Hall–Kier alpha value is -2.30. The zero-order valence-electron chi connectivity index (χ0n) is 16.9. The van der Waals surface area contributed by atoms with E-state index in [1.165, 1.54) is 22.3 Å². The second-order valence-corrected chi connectivity index (χ2v) is 7.82. The topological polar surface area (TPSA) is 43.5 Å². The maximum absolute atomic E-state index is 5.82.